The first-order valence-corrected chi connectivity index (χ1v) is 10.4. The zero-order valence-corrected chi connectivity index (χ0v) is 18.7. The summed E-state index contributed by atoms with van der Waals surface area (Å²) in [6.45, 7) is 11.6. The lowest BCUT2D eigenvalue weighted by molar-refractivity contribution is 0.171. The van der Waals surface area contributed by atoms with E-state index in [1.807, 2.05) is 0 Å². The predicted octanol–water partition coefficient (Wildman–Crippen LogP) is 6.77. The molecule has 1 aliphatic heterocycles. The number of halogens is 4. The molecule has 4 nitrogen and oxygen atoms in total. The van der Waals surface area contributed by atoms with Crippen molar-refractivity contribution in [2.45, 2.75) is 26.7 Å². The number of hydrogen-bond donors (Lipinski definition) is 2. The molecule has 1 saturated heterocycles. The summed E-state index contributed by atoms with van der Waals surface area (Å²) in [4.78, 5) is 0. The van der Waals surface area contributed by atoms with E-state index in [9.17, 15) is 17.6 Å². The van der Waals surface area contributed by atoms with E-state index in [2.05, 4.69) is 35.8 Å². The van der Waals surface area contributed by atoms with Crippen LogP contribution in [0.2, 0.25) is 0 Å². The molecule has 2 aromatic carbocycles. The average Bonchev–Trinajstić information content (AvgIpc) is 3.35. The molecule has 8 heteroatoms. The molecule has 33 heavy (non-hydrogen) atoms. The second-order valence-corrected chi connectivity index (χ2v) is 7.32. The molecule has 3 aromatic rings. The number of hydrogen-bond acceptors (Lipinski definition) is 3. The molecule has 4 rings (SSSR count). The monoisotopic (exact) mass is 460 g/mol. The summed E-state index contributed by atoms with van der Waals surface area (Å²) < 4.78 is 48.9. The molecule has 2 N–H and O–H groups in total. The van der Waals surface area contributed by atoms with Crippen molar-refractivity contribution in [3.05, 3.63) is 91.3 Å². The van der Waals surface area contributed by atoms with E-state index in [0.29, 0.717) is 28.7 Å². The normalized spacial score (nSPS) is 14.5. The first kappa shape index (κ1) is 25.7. The van der Waals surface area contributed by atoms with Crippen molar-refractivity contribution < 1.29 is 17.6 Å². The fourth-order valence-electron chi connectivity index (χ4n) is 2.99. The topological polar surface area (TPSA) is 41.9 Å². The molecule has 1 unspecified atom stereocenters. The summed E-state index contributed by atoms with van der Waals surface area (Å²) in [6, 6.07) is 13.9. The number of nitrogens with zero attached hydrogens (tertiary/aromatic N) is 2. The van der Waals surface area contributed by atoms with Gasteiger partial charge in [-0.3, -0.25) is 0 Å². The van der Waals surface area contributed by atoms with Crippen LogP contribution in [0.1, 0.15) is 20.3 Å². The molecule has 2 heterocycles. The number of allylic oxidation sites excluding steroid dienone is 1. The Hall–Kier alpha value is -3.55. The SMILES string of the molecule is C=C1NCCC1C.C=CNc1cc(-c2cccc(F)c2)n(-c2ccc(F)cc2)n1.CC(F)F. The van der Waals surface area contributed by atoms with Crippen LogP contribution < -0.4 is 10.6 Å². The molecule has 0 radical (unpaired) electrons. The Morgan fingerprint density at radius 3 is 2.27 bits per heavy atom. The van der Waals surface area contributed by atoms with Crippen LogP contribution in [-0.4, -0.2) is 22.8 Å². The van der Waals surface area contributed by atoms with Gasteiger partial charge < -0.3 is 10.6 Å². The molecular weight excluding hydrogens is 432 g/mol. The van der Waals surface area contributed by atoms with E-state index in [1.165, 1.54) is 42.6 Å². The quantitative estimate of drug-likeness (QED) is 0.422. The largest absolute Gasteiger partial charge is 0.389 e. The van der Waals surface area contributed by atoms with Crippen molar-refractivity contribution in [2.75, 3.05) is 11.9 Å². The van der Waals surface area contributed by atoms with Gasteiger partial charge in [0.15, 0.2) is 5.82 Å². The number of nitrogens with one attached hydrogen (secondary N) is 2. The standard InChI is InChI=1S/C17H13F2N3.C6H11N.C2H4F2/c1-2-20-17-11-16(12-4-3-5-14(19)10-12)22(21-17)15-8-6-13(18)7-9-15;1-5-3-4-7-6(5)2;1-2(3)4/h2-11H,1H2,(H,20,21);5,7H,2-4H2,1H3;2H,1H3. The number of benzene rings is 2. The van der Waals surface area contributed by atoms with Gasteiger partial charge in [0.25, 0.3) is 0 Å². The Labute approximate surface area is 191 Å². The summed E-state index contributed by atoms with van der Waals surface area (Å²) in [5.41, 5.74) is 3.25. The molecule has 1 atom stereocenters. The Morgan fingerprint density at radius 2 is 1.79 bits per heavy atom. The van der Waals surface area contributed by atoms with Gasteiger partial charge in [-0.1, -0.05) is 32.2 Å². The number of aromatic nitrogens is 2. The maximum Gasteiger partial charge on any atom is 0.235 e. The molecule has 1 aromatic heterocycles. The Bertz CT molecular complexity index is 1040. The molecule has 176 valence electrons. The third-order valence-corrected chi connectivity index (χ3v) is 4.68. The first-order valence-electron chi connectivity index (χ1n) is 10.4. The van der Waals surface area contributed by atoms with E-state index in [-0.39, 0.29) is 11.6 Å². The zero-order valence-electron chi connectivity index (χ0n) is 18.7. The summed E-state index contributed by atoms with van der Waals surface area (Å²) in [6.07, 6.45) is 0.603. The average molecular weight is 461 g/mol. The first-order chi connectivity index (χ1) is 15.7. The summed E-state index contributed by atoms with van der Waals surface area (Å²) in [7, 11) is 0. The molecule has 0 bridgehead atoms. The van der Waals surface area contributed by atoms with Crippen LogP contribution in [0.4, 0.5) is 23.4 Å². The smallest absolute Gasteiger partial charge is 0.235 e. The minimum atomic E-state index is -2.17. The van der Waals surface area contributed by atoms with Crippen LogP contribution in [0.15, 0.2) is 79.7 Å². The van der Waals surface area contributed by atoms with Gasteiger partial charge >= 0.3 is 0 Å². The second kappa shape index (κ2) is 12.5. The lowest BCUT2D eigenvalue weighted by Gasteiger charge is -2.07. The highest BCUT2D eigenvalue weighted by Crippen LogP contribution is 2.26. The highest BCUT2D eigenvalue weighted by atomic mass is 19.3. The van der Waals surface area contributed by atoms with E-state index >= 15 is 0 Å². The highest BCUT2D eigenvalue weighted by Gasteiger charge is 2.12. The summed E-state index contributed by atoms with van der Waals surface area (Å²) in [5, 5.41) is 10.5. The number of rotatable bonds is 4. The van der Waals surface area contributed by atoms with Gasteiger partial charge in [-0.2, -0.15) is 0 Å². The maximum atomic E-state index is 13.5. The molecule has 0 spiro atoms. The van der Waals surface area contributed by atoms with E-state index in [1.54, 1.807) is 35.0 Å². The Kier molecular flexibility index (Phi) is 9.72. The van der Waals surface area contributed by atoms with Crippen LogP contribution in [-0.2, 0) is 0 Å². The van der Waals surface area contributed by atoms with Crippen molar-refractivity contribution in [2.24, 2.45) is 5.92 Å². The summed E-state index contributed by atoms with van der Waals surface area (Å²) in [5.74, 6) is 0.619. The van der Waals surface area contributed by atoms with Crippen molar-refractivity contribution in [3.63, 3.8) is 0 Å². The van der Waals surface area contributed by atoms with Gasteiger partial charge in [-0.15, -0.1) is 5.10 Å². The van der Waals surface area contributed by atoms with Crippen LogP contribution in [0, 0.1) is 17.6 Å². The van der Waals surface area contributed by atoms with E-state index in [4.69, 9.17) is 0 Å². The van der Waals surface area contributed by atoms with E-state index < -0.39 is 6.43 Å². The van der Waals surface area contributed by atoms with Gasteiger partial charge in [0.2, 0.25) is 6.43 Å². The van der Waals surface area contributed by atoms with Crippen LogP contribution >= 0.6 is 0 Å². The van der Waals surface area contributed by atoms with Crippen molar-refractivity contribution in [3.8, 4) is 16.9 Å². The summed E-state index contributed by atoms with van der Waals surface area (Å²) >= 11 is 0. The number of alkyl halides is 2. The fourth-order valence-corrected chi connectivity index (χ4v) is 2.99. The molecule has 1 fully saturated rings. The van der Waals surface area contributed by atoms with Crippen LogP contribution in [0.5, 0.6) is 0 Å². The molecule has 0 amide bonds. The van der Waals surface area contributed by atoms with Crippen LogP contribution in [0.25, 0.3) is 16.9 Å². The maximum absolute atomic E-state index is 13.5. The zero-order chi connectivity index (χ0) is 24.4. The molecule has 0 saturated carbocycles. The van der Waals surface area contributed by atoms with E-state index in [0.717, 1.165) is 13.5 Å². The van der Waals surface area contributed by atoms with Gasteiger partial charge in [0, 0.05) is 23.9 Å². The molecule has 1 aliphatic rings. The van der Waals surface area contributed by atoms with Gasteiger partial charge in [0.1, 0.15) is 11.6 Å². The third-order valence-electron chi connectivity index (χ3n) is 4.68. The lowest BCUT2D eigenvalue weighted by Crippen LogP contribution is -2.03. The van der Waals surface area contributed by atoms with Crippen molar-refractivity contribution in [1.82, 2.24) is 15.1 Å². The van der Waals surface area contributed by atoms with Crippen LogP contribution in [0.3, 0.4) is 0 Å². The highest BCUT2D eigenvalue weighted by molar-refractivity contribution is 5.66. The van der Waals surface area contributed by atoms with Crippen molar-refractivity contribution in [1.29, 1.82) is 0 Å². The predicted molar refractivity (Wildman–Crippen MR) is 125 cm³/mol. The van der Waals surface area contributed by atoms with Gasteiger partial charge in [0.05, 0.1) is 11.4 Å². The second-order valence-electron chi connectivity index (χ2n) is 7.32. The Balaban J connectivity index is 0.000000290. The Morgan fingerprint density at radius 1 is 1.12 bits per heavy atom. The lowest BCUT2D eigenvalue weighted by atomic mass is 10.1. The van der Waals surface area contributed by atoms with Crippen molar-refractivity contribution >= 4 is 5.82 Å². The molecule has 0 aliphatic carbocycles. The van der Waals surface area contributed by atoms with Gasteiger partial charge in [-0.25, -0.2) is 22.2 Å². The molecular formula is C25H28F4N4. The number of anilines is 1. The third kappa shape index (κ3) is 8.14. The van der Waals surface area contributed by atoms with Gasteiger partial charge in [-0.05, 0) is 61.9 Å². The minimum Gasteiger partial charge on any atom is -0.389 e. The minimum absolute atomic E-state index is 0.326. The fraction of sp³-hybridized carbons (Fsp3) is 0.240.